The van der Waals surface area contributed by atoms with Gasteiger partial charge in [-0.1, -0.05) is 48.5 Å². The highest BCUT2D eigenvalue weighted by Crippen LogP contribution is 2.30. The van der Waals surface area contributed by atoms with Crippen LogP contribution in [0.4, 0.5) is 13.2 Å². The van der Waals surface area contributed by atoms with Crippen molar-refractivity contribution in [3.63, 3.8) is 0 Å². The minimum absolute atomic E-state index is 0.0295. The number of ether oxygens (including phenoxy) is 1. The van der Waals surface area contributed by atoms with Crippen LogP contribution in [0.25, 0.3) is 21.5 Å². The highest BCUT2D eigenvalue weighted by molar-refractivity contribution is 6.02. The van der Waals surface area contributed by atoms with Gasteiger partial charge in [0.05, 0.1) is 11.1 Å². The van der Waals surface area contributed by atoms with Gasteiger partial charge in [0.25, 0.3) is 0 Å². The lowest BCUT2D eigenvalue weighted by Gasteiger charge is -2.12. The molecular formula is C23H15F3O2. The van der Waals surface area contributed by atoms with Crippen molar-refractivity contribution in [1.82, 2.24) is 0 Å². The molecule has 5 heteroatoms. The maximum Gasteiger partial charge on any atom is 0.416 e. The third kappa shape index (κ3) is 3.43. The average Bonchev–Trinajstić information content (AvgIpc) is 2.70. The van der Waals surface area contributed by atoms with Crippen molar-refractivity contribution < 1.29 is 22.7 Å². The van der Waals surface area contributed by atoms with Gasteiger partial charge in [0.2, 0.25) is 0 Å². The smallest absolute Gasteiger partial charge is 0.416 e. The molecule has 0 saturated carbocycles. The molecule has 0 saturated heterocycles. The number of hydrogen-bond acceptors (Lipinski definition) is 2. The number of halogens is 3. The lowest BCUT2D eigenvalue weighted by atomic mass is 9.97. The van der Waals surface area contributed by atoms with E-state index in [-0.39, 0.29) is 12.2 Å². The predicted octanol–water partition coefficient (Wildman–Crippen LogP) is 6.37. The molecule has 140 valence electrons. The molecule has 4 aromatic rings. The zero-order valence-corrected chi connectivity index (χ0v) is 14.7. The third-order valence-electron chi connectivity index (χ3n) is 4.68. The third-order valence-corrected chi connectivity index (χ3v) is 4.68. The number of carbonyl (C=O) groups is 1. The van der Waals surface area contributed by atoms with Gasteiger partial charge in [-0.3, -0.25) is 0 Å². The Morgan fingerprint density at radius 1 is 0.786 bits per heavy atom. The molecule has 28 heavy (non-hydrogen) atoms. The van der Waals surface area contributed by atoms with E-state index >= 15 is 0 Å². The van der Waals surface area contributed by atoms with Crippen molar-refractivity contribution in [1.29, 1.82) is 0 Å². The quantitative estimate of drug-likeness (QED) is 0.305. The Morgan fingerprint density at radius 2 is 1.32 bits per heavy atom. The number of rotatable bonds is 3. The van der Waals surface area contributed by atoms with Gasteiger partial charge in [0, 0.05) is 5.56 Å². The van der Waals surface area contributed by atoms with E-state index in [0.29, 0.717) is 0 Å². The van der Waals surface area contributed by atoms with Crippen LogP contribution in [-0.4, -0.2) is 5.97 Å². The van der Waals surface area contributed by atoms with Gasteiger partial charge in [-0.05, 0) is 51.9 Å². The second-order valence-electron chi connectivity index (χ2n) is 6.45. The summed E-state index contributed by atoms with van der Waals surface area (Å²) in [5.41, 5.74) is 0.149. The Kier molecular flexibility index (Phi) is 4.51. The van der Waals surface area contributed by atoms with Crippen LogP contribution in [0.15, 0.2) is 78.9 Å². The van der Waals surface area contributed by atoms with E-state index in [0.717, 1.165) is 51.4 Å². The molecule has 0 bridgehead atoms. The summed E-state index contributed by atoms with van der Waals surface area (Å²) in [6.07, 6.45) is -4.44. The van der Waals surface area contributed by atoms with E-state index in [1.54, 1.807) is 0 Å². The number of alkyl halides is 3. The summed E-state index contributed by atoms with van der Waals surface area (Å²) >= 11 is 0. The van der Waals surface area contributed by atoms with Crippen molar-refractivity contribution in [2.75, 3.05) is 0 Å². The van der Waals surface area contributed by atoms with Gasteiger partial charge in [-0.15, -0.1) is 0 Å². The largest absolute Gasteiger partial charge is 0.457 e. The zero-order chi connectivity index (χ0) is 19.7. The summed E-state index contributed by atoms with van der Waals surface area (Å²) in [6.45, 7) is 0.0295. The van der Waals surface area contributed by atoms with E-state index in [2.05, 4.69) is 6.07 Å². The fraction of sp³-hybridized carbons (Fsp3) is 0.0870. The molecule has 2 nitrogen and oxygen atoms in total. The first-order chi connectivity index (χ1) is 13.4. The Hall–Kier alpha value is -3.34. The molecule has 0 radical (unpaired) electrons. The molecule has 0 aliphatic heterocycles. The van der Waals surface area contributed by atoms with Crippen LogP contribution >= 0.6 is 0 Å². The second-order valence-corrected chi connectivity index (χ2v) is 6.45. The Balaban J connectivity index is 1.64. The Morgan fingerprint density at radius 3 is 1.86 bits per heavy atom. The molecule has 0 aliphatic rings. The molecule has 0 heterocycles. The van der Waals surface area contributed by atoms with Crippen molar-refractivity contribution in [3.05, 3.63) is 95.6 Å². The first-order valence-corrected chi connectivity index (χ1v) is 8.67. The van der Waals surface area contributed by atoms with Crippen LogP contribution in [0.5, 0.6) is 0 Å². The summed E-state index contributed by atoms with van der Waals surface area (Å²) < 4.78 is 43.4. The van der Waals surface area contributed by atoms with Crippen molar-refractivity contribution in [2.45, 2.75) is 12.8 Å². The molecule has 4 aromatic carbocycles. The summed E-state index contributed by atoms with van der Waals surface area (Å²) in [4.78, 5) is 12.3. The molecule has 4 rings (SSSR count). The molecule has 0 amide bonds. The van der Waals surface area contributed by atoms with Crippen molar-refractivity contribution in [2.24, 2.45) is 0 Å². The molecule has 0 N–H and O–H groups in total. The minimum atomic E-state index is -4.44. The molecule has 0 atom stereocenters. The van der Waals surface area contributed by atoms with Crippen LogP contribution < -0.4 is 0 Å². The van der Waals surface area contributed by atoms with Crippen LogP contribution in [0.3, 0.4) is 0 Å². The van der Waals surface area contributed by atoms with Crippen LogP contribution in [0, 0.1) is 0 Å². The average molecular weight is 380 g/mol. The molecule has 0 spiro atoms. The van der Waals surface area contributed by atoms with Gasteiger partial charge < -0.3 is 4.74 Å². The van der Waals surface area contributed by atoms with E-state index in [1.807, 2.05) is 48.5 Å². The second kappa shape index (κ2) is 7.00. The molecule has 0 aromatic heterocycles. The molecular weight excluding hydrogens is 365 g/mol. The zero-order valence-electron chi connectivity index (χ0n) is 14.7. The van der Waals surface area contributed by atoms with Crippen LogP contribution in [0.2, 0.25) is 0 Å². The number of fused-ring (bicyclic) bond motifs is 2. The maximum atomic E-state index is 12.7. The minimum Gasteiger partial charge on any atom is -0.457 e. The monoisotopic (exact) mass is 380 g/mol. The van der Waals surface area contributed by atoms with Crippen LogP contribution in [0.1, 0.15) is 21.5 Å². The number of esters is 1. The van der Waals surface area contributed by atoms with Gasteiger partial charge in [-0.2, -0.15) is 13.2 Å². The fourth-order valence-electron chi connectivity index (χ4n) is 3.28. The van der Waals surface area contributed by atoms with Crippen LogP contribution in [-0.2, 0) is 17.5 Å². The van der Waals surface area contributed by atoms with E-state index in [4.69, 9.17) is 4.74 Å². The van der Waals surface area contributed by atoms with Crippen molar-refractivity contribution in [3.8, 4) is 0 Å². The number of benzene rings is 4. The van der Waals surface area contributed by atoms with E-state index in [1.165, 1.54) is 0 Å². The lowest BCUT2D eigenvalue weighted by Crippen LogP contribution is -2.08. The molecule has 0 unspecified atom stereocenters. The number of hydrogen-bond donors (Lipinski definition) is 0. The van der Waals surface area contributed by atoms with Gasteiger partial charge in [0.15, 0.2) is 0 Å². The Bertz CT molecular complexity index is 1110. The van der Waals surface area contributed by atoms with E-state index < -0.39 is 17.7 Å². The maximum absolute atomic E-state index is 12.7. The van der Waals surface area contributed by atoms with Crippen molar-refractivity contribution >= 4 is 27.5 Å². The van der Waals surface area contributed by atoms with Gasteiger partial charge in [-0.25, -0.2) is 4.79 Å². The van der Waals surface area contributed by atoms with Gasteiger partial charge in [0.1, 0.15) is 6.61 Å². The fourth-order valence-corrected chi connectivity index (χ4v) is 3.28. The highest BCUT2D eigenvalue weighted by Gasteiger charge is 2.30. The van der Waals surface area contributed by atoms with E-state index in [9.17, 15) is 18.0 Å². The molecule has 0 fully saturated rings. The normalized spacial score (nSPS) is 11.7. The summed E-state index contributed by atoms with van der Waals surface area (Å²) in [5, 5.41) is 4.01. The lowest BCUT2D eigenvalue weighted by molar-refractivity contribution is -0.137. The summed E-state index contributed by atoms with van der Waals surface area (Å²) in [7, 11) is 0. The van der Waals surface area contributed by atoms with Gasteiger partial charge >= 0.3 is 12.1 Å². The number of carbonyl (C=O) groups excluding carboxylic acids is 1. The standard InChI is InChI=1S/C23H15F3O2/c24-23(25,26)18-11-9-15(10-12-18)22(27)28-14-21-19-7-3-1-5-16(19)13-17-6-2-4-8-20(17)21/h1-13H,14H2. The molecule has 0 aliphatic carbocycles. The Labute approximate surface area is 159 Å². The highest BCUT2D eigenvalue weighted by atomic mass is 19.4. The topological polar surface area (TPSA) is 26.3 Å². The first-order valence-electron chi connectivity index (χ1n) is 8.67. The summed E-state index contributed by atoms with van der Waals surface area (Å²) in [5.74, 6) is -0.661. The predicted molar refractivity (Wildman–Crippen MR) is 102 cm³/mol. The SMILES string of the molecule is O=C(OCc1c2ccccc2cc2ccccc12)c1ccc(C(F)(F)F)cc1. The summed E-state index contributed by atoms with van der Waals surface area (Å²) in [6, 6.07) is 21.7. The first kappa shape index (κ1) is 18.0.